The molecule has 0 aliphatic heterocycles. The van der Waals surface area contributed by atoms with Crippen LogP contribution >= 0.6 is 0 Å². The monoisotopic (exact) mass is 793 g/mol. The molecule has 288 valence electrons. The highest BCUT2D eigenvalue weighted by Crippen LogP contribution is 2.30. The van der Waals surface area contributed by atoms with E-state index < -0.39 is 144 Å². The lowest BCUT2D eigenvalue weighted by atomic mass is 9.12. The molecule has 1 nitrogen and oxygen atoms in total. The molecule has 0 atom stereocenters. The fourth-order valence-electron chi connectivity index (χ4n) is 6.34. The van der Waals surface area contributed by atoms with E-state index in [1.165, 1.54) is 32.1 Å². The molecule has 1 aliphatic carbocycles. The summed E-state index contributed by atoms with van der Waals surface area (Å²) in [4.78, 5) is 0. The Morgan fingerprint density at radius 2 is 0.472 bits per heavy atom. The molecule has 0 heterocycles. The molecule has 53 heavy (non-hydrogen) atoms. The molecule has 0 unspecified atom stereocenters. The van der Waals surface area contributed by atoms with Crippen LogP contribution in [0.5, 0.6) is 0 Å². The summed E-state index contributed by atoms with van der Waals surface area (Å²) in [6.45, 7) is 0. The minimum absolute atomic E-state index is 0.962. The molecule has 0 bridgehead atoms. The second-order valence-electron chi connectivity index (χ2n) is 11.5. The second kappa shape index (κ2) is 15.1. The van der Waals surface area contributed by atoms with Crippen LogP contribution in [0.25, 0.3) is 0 Å². The molecule has 5 rings (SSSR count). The Hall–Kier alpha value is -4.50. The third-order valence-corrected chi connectivity index (χ3v) is 8.83. The third-order valence-electron chi connectivity index (χ3n) is 8.83. The van der Waals surface area contributed by atoms with Crippen LogP contribution in [0.3, 0.4) is 0 Å². The molecule has 1 saturated carbocycles. The first-order chi connectivity index (χ1) is 24.6. The number of quaternary nitrogens is 1. The van der Waals surface area contributed by atoms with Crippen molar-refractivity contribution in [2.24, 2.45) is 0 Å². The van der Waals surface area contributed by atoms with Gasteiger partial charge in [0.25, 0.3) is 0 Å². The topological polar surface area (TPSA) is 16.6 Å². The lowest BCUT2D eigenvalue weighted by Crippen LogP contribution is -2.86. The zero-order chi connectivity index (χ0) is 40.2. The van der Waals surface area contributed by atoms with Gasteiger partial charge in [-0.15, -0.1) is 21.9 Å². The molecule has 1 fully saturated rings. The lowest BCUT2D eigenvalue weighted by Gasteiger charge is -2.44. The van der Waals surface area contributed by atoms with Crippen molar-refractivity contribution in [1.29, 1.82) is 0 Å². The maximum Gasteiger partial charge on any atom is 0.200 e. The zero-order valence-electron chi connectivity index (χ0n) is 25.8. The van der Waals surface area contributed by atoms with Gasteiger partial charge >= 0.3 is 0 Å². The summed E-state index contributed by atoms with van der Waals surface area (Å²) in [5.74, 6) is -71.4. The van der Waals surface area contributed by atoms with Gasteiger partial charge in [0.05, 0.1) is 13.1 Å². The Labute approximate surface area is 283 Å². The summed E-state index contributed by atoms with van der Waals surface area (Å²) in [5, 5.41) is 2.36. The average Bonchev–Trinajstić information content (AvgIpc) is 3.15. The summed E-state index contributed by atoms with van der Waals surface area (Å²) in [6, 6.07) is 0.962. The van der Waals surface area contributed by atoms with Gasteiger partial charge in [0, 0.05) is 0 Å². The van der Waals surface area contributed by atoms with Gasteiger partial charge in [0.2, 0.25) is 0 Å². The molecule has 4 aromatic carbocycles. The van der Waals surface area contributed by atoms with Crippen LogP contribution in [0.1, 0.15) is 32.1 Å². The fourth-order valence-corrected chi connectivity index (χ4v) is 6.34. The lowest BCUT2D eigenvalue weighted by molar-refractivity contribution is -0.666. The van der Waals surface area contributed by atoms with Crippen LogP contribution in [-0.2, 0) is 0 Å². The largest absolute Gasteiger partial charge is 0.346 e. The van der Waals surface area contributed by atoms with Crippen molar-refractivity contribution in [2.75, 3.05) is 7.05 Å². The van der Waals surface area contributed by atoms with Crippen LogP contribution in [-0.4, -0.2) is 19.2 Å². The molecule has 1 aliphatic rings. The molecule has 4 aromatic rings. The molecular formula is C31H16BF20N. The van der Waals surface area contributed by atoms with E-state index in [0.29, 0.717) is 0 Å². The molecule has 0 radical (unpaired) electrons. The van der Waals surface area contributed by atoms with E-state index in [9.17, 15) is 52.7 Å². The molecular weight excluding hydrogens is 777 g/mol. The van der Waals surface area contributed by atoms with Crippen LogP contribution in [0.15, 0.2) is 0 Å². The third kappa shape index (κ3) is 6.25. The Kier molecular flexibility index (Phi) is 11.8. The van der Waals surface area contributed by atoms with Crippen molar-refractivity contribution in [3.8, 4) is 0 Å². The predicted molar refractivity (Wildman–Crippen MR) is 144 cm³/mol. The molecule has 0 aromatic heterocycles. The van der Waals surface area contributed by atoms with E-state index in [1.54, 1.807) is 0 Å². The van der Waals surface area contributed by atoms with E-state index in [-0.39, 0.29) is 0 Å². The first kappa shape index (κ1) is 41.3. The first-order valence-electron chi connectivity index (χ1n) is 14.7. The summed E-state index contributed by atoms with van der Waals surface area (Å²) < 4.78 is 294. The average molecular weight is 793 g/mol. The number of benzene rings is 4. The van der Waals surface area contributed by atoms with Gasteiger partial charge in [-0.1, -0.05) is 6.42 Å². The van der Waals surface area contributed by atoms with Crippen molar-refractivity contribution in [3.05, 3.63) is 116 Å². The van der Waals surface area contributed by atoms with Crippen LogP contribution in [0.2, 0.25) is 0 Å². The fraction of sp³-hybridized carbons (Fsp3) is 0.226. The number of nitrogens with two attached hydrogens (primary N) is 1. The quantitative estimate of drug-likeness (QED) is 0.105. The SMILES string of the molecule is C[NH2+]C1CCCCC1.Fc1c(F)c(F)c([B-](c2c(F)c(F)c(F)c(F)c2F)(c2c(F)c(F)c(F)c(F)c2F)c2c(F)c(F)c(F)c(F)c2F)c(F)c1F. The summed E-state index contributed by atoms with van der Waals surface area (Å²) in [7, 11) is 2.19. The van der Waals surface area contributed by atoms with E-state index >= 15 is 35.1 Å². The van der Waals surface area contributed by atoms with Crippen LogP contribution in [0, 0.1) is 116 Å². The first-order valence-corrected chi connectivity index (χ1v) is 14.7. The second-order valence-corrected chi connectivity index (χ2v) is 11.5. The van der Waals surface area contributed by atoms with Crippen molar-refractivity contribution in [3.63, 3.8) is 0 Å². The molecule has 22 heteroatoms. The van der Waals surface area contributed by atoms with Gasteiger partial charge in [-0.25, -0.2) is 87.8 Å². The number of halogens is 20. The minimum Gasteiger partial charge on any atom is -0.346 e. The van der Waals surface area contributed by atoms with Gasteiger partial charge in [-0.3, -0.25) is 0 Å². The number of hydrogen-bond donors (Lipinski definition) is 1. The predicted octanol–water partition coefficient (Wildman–Crippen LogP) is 6.36. The van der Waals surface area contributed by atoms with Gasteiger partial charge in [-0.2, -0.15) is 0 Å². The van der Waals surface area contributed by atoms with E-state index in [2.05, 4.69) is 12.4 Å². The molecule has 2 N–H and O–H groups in total. The van der Waals surface area contributed by atoms with Crippen LogP contribution < -0.4 is 27.2 Å². The normalized spacial score (nSPS) is 13.8. The summed E-state index contributed by atoms with van der Waals surface area (Å²) >= 11 is 0. The van der Waals surface area contributed by atoms with Gasteiger partial charge in [-0.05, 0) is 25.7 Å². The Bertz CT molecular complexity index is 1730. The minimum atomic E-state index is -7.22. The zero-order valence-corrected chi connectivity index (χ0v) is 25.8. The molecule has 0 saturated heterocycles. The van der Waals surface area contributed by atoms with Gasteiger partial charge in [0.15, 0.2) is 69.8 Å². The van der Waals surface area contributed by atoms with Gasteiger partial charge in [0.1, 0.15) is 52.7 Å². The highest BCUT2D eigenvalue weighted by molar-refractivity contribution is 7.20. The summed E-state index contributed by atoms with van der Waals surface area (Å²) in [6.07, 6.45) is 0.104. The van der Waals surface area contributed by atoms with E-state index in [1.807, 2.05) is 0 Å². The number of rotatable bonds is 5. The van der Waals surface area contributed by atoms with Gasteiger partial charge < -0.3 is 5.32 Å². The van der Waals surface area contributed by atoms with E-state index in [0.717, 1.165) is 6.04 Å². The van der Waals surface area contributed by atoms with Crippen molar-refractivity contribution in [1.82, 2.24) is 0 Å². The Morgan fingerprint density at radius 1 is 0.302 bits per heavy atom. The Morgan fingerprint density at radius 3 is 0.623 bits per heavy atom. The smallest absolute Gasteiger partial charge is 0.200 e. The molecule has 0 amide bonds. The van der Waals surface area contributed by atoms with Crippen LogP contribution in [0.4, 0.5) is 87.8 Å². The Balaban J connectivity index is 0.000000692. The maximum absolute atomic E-state index is 15.4. The molecule has 0 spiro atoms. The number of hydrogen-bond acceptors (Lipinski definition) is 0. The highest BCUT2D eigenvalue weighted by atomic mass is 19.2. The van der Waals surface area contributed by atoms with E-state index in [4.69, 9.17) is 0 Å². The highest BCUT2D eigenvalue weighted by Gasteiger charge is 2.52. The van der Waals surface area contributed by atoms with Crippen molar-refractivity contribution >= 4 is 28.0 Å². The summed E-state index contributed by atoms with van der Waals surface area (Å²) in [5.41, 5.74) is -14.3. The van der Waals surface area contributed by atoms with Crippen molar-refractivity contribution in [2.45, 2.75) is 38.1 Å². The standard InChI is InChI=1S/C24BF20.C7H15N/c26-5-1(6(27)14(35)21(42)13(5)34)25(2-7(28)15(36)22(43)16(37)8(2)29,3-9(30)17(38)23(44)18(39)10(3)31)4-11(32)19(40)24(45)20(41)12(4)33;1-8-7-5-3-2-4-6-7/h;7-8H,2-6H2,1H3/q-1;/p+1. The maximum atomic E-state index is 15.4. The van der Waals surface area contributed by atoms with Crippen molar-refractivity contribution < 1.29 is 93.1 Å².